The topological polar surface area (TPSA) is 43.8 Å². The van der Waals surface area contributed by atoms with Crippen molar-refractivity contribution in [3.63, 3.8) is 0 Å². The fourth-order valence-corrected chi connectivity index (χ4v) is 2.12. The molecule has 2 N–H and O–H groups in total. The Balaban J connectivity index is 2.43. The predicted octanol–water partition coefficient (Wildman–Crippen LogP) is 1.31. The average molecular weight is 179 g/mol. The molecule has 0 bridgehead atoms. The summed E-state index contributed by atoms with van der Waals surface area (Å²) in [5.74, 6) is 0. The zero-order valence-corrected chi connectivity index (χ0v) is 8.76. The van der Waals surface area contributed by atoms with Crippen LogP contribution in [0.2, 0.25) is 0 Å². The van der Waals surface area contributed by atoms with Gasteiger partial charge in [-0.05, 0) is 24.8 Å². The molecule has 1 unspecified atom stereocenters. The van der Waals surface area contributed by atoms with Gasteiger partial charge in [0.2, 0.25) is 0 Å². The Morgan fingerprint density at radius 3 is 2.38 bits per heavy atom. The Labute approximate surface area is 78.9 Å². The summed E-state index contributed by atoms with van der Waals surface area (Å²) in [5.41, 5.74) is 8.59. The van der Waals surface area contributed by atoms with Gasteiger partial charge in [0.1, 0.15) is 0 Å². The molecule has 1 aliphatic rings. The number of hydrogen-bond donors (Lipinski definition) is 1. The summed E-state index contributed by atoms with van der Waals surface area (Å²) in [7, 11) is 1.96. The first kappa shape index (κ1) is 8.75. The van der Waals surface area contributed by atoms with Crippen LogP contribution in [-0.2, 0) is 12.6 Å². The molecule has 3 heteroatoms. The molecule has 0 aromatic carbocycles. The van der Waals surface area contributed by atoms with Gasteiger partial charge in [0, 0.05) is 7.05 Å². The van der Waals surface area contributed by atoms with Gasteiger partial charge in [-0.2, -0.15) is 5.10 Å². The van der Waals surface area contributed by atoms with Crippen LogP contribution in [0.1, 0.15) is 31.7 Å². The van der Waals surface area contributed by atoms with Crippen LogP contribution in [0.25, 0.3) is 0 Å². The summed E-state index contributed by atoms with van der Waals surface area (Å²) in [5, 5.41) is 4.32. The third-order valence-corrected chi connectivity index (χ3v) is 3.26. The lowest BCUT2D eigenvalue weighted by Gasteiger charge is -2.14. The number of rotatable bonds is 1. The van der Waals surface area contributed by atoms with E-state index in [9.17, 15) is 0 Å². The van der Waals surface area contributed by atoms with Crippen LogP contribution in [0.3, 0.4) is 0 Å². The van der Waals surface area contributed by atoms with Gasteiger partial charge in [-0.25, -0.2) is 0 Å². The predicted molar refractivity (Wildman–Crippen MR) is 52.2 cm³/mol. The van der Waals surface area contributed by atoms with Crippen LogP contribution in [0.4, 0.5) is 0 Å². The van der Waals surface area contributed by atoms with Crippen molar-refractivity contribution in [1.82, 2.24) is 9.78 Å². The molecular formula is C10H17N3. The van der Waals surface area contributed by atoms with Crippen LogP contribution in [0.5, 0.6) is 0 Å². The van der Waals surface area contributed by atoms with Crippen molar-refractivity contribution >= 4 is 0 Å². The van der Waals surface area contributed by atoms with Crippen molar-refractivity contribution < 1.29 is 0 Å². The second kappa shape index (κ2) is 2.15. The quantitative estimate of drug-likeness (QED) is 0.706. The Morgan fingerprint density at radius 2 is 2.08 bits per heavy atom. The molecule has 72 valence electrons. The molecule has 0 saturated heterocycles. The number of nitrogens with zero attached hydrogens (tertiary/aromatic N) is 2. The van der Waals surface area contributed by atoms with E-state index < -0.39 is 0 Å². The largest absolute Gasteiger partial charge is 0.320 e. The van der Waals surface area contributed by atoms with Gasteiger partial charge in [0.15, 0.2) is 0 Å². The highest BCUT2D eigenvalue weighted by molar-refractivity contribution is 5.31. The maximum Gasteiger partial charge on any atom is 0.0639 e. The van der Waals surface area contributed by atoms with Gasteiger partial charge < -0.3 is 5.73 Å². The maximum absolute atomic E-state index is 6.30. The van der Waals surface area contributed by atoms with Crippen molar-refractivity contribution in [2.24, 2.45) is 18.2 Å². The standard InChI is InChI=1S/C10H17N3/c1-7-5-8(13(4)12-7)10(11)6-9(10,2)3/h5H,6,11H2,1-4H3. The minimum Gasteiger partial charge on any atom is -0.320 e. The van der Waals surface area contributed by atoms with Gasteiger partial charge in [0.05, 0.1) is 16.9 Å². The van der Waals surface area contributed by atoms with E-state index in [2.05, 4.69) is 25.0 Å². The molecule has 1 fully saturated rings. The lowest BCUT2D eigenvalue weighted by Crippen LogP contribution is -2.28. The van der Waals surface area contributed by atoms with Gasteiger partial charge >= 0.3 is 0 Å². The molecule has 13 heavy (non-hydrogen) atoms. The molecule has 1 heterocycles. The van der Waals surface area contributed by atoms with E-state index in [4.69, 9.17) is 5.73 Å². The molecular weight excluding hydrogens is 162 g/mol. The van der Waals surface area contributed by atoms with Crippen molar-refractivity contribution in [2.75, 3.05) is 0 Å². The zero-order chi connectivity index (χ0) is 9.85. The highest BCUT2D eigenvalue weighted by Crippen LogP contribution is 2.60. The lowest BCUT2D eigenvalue weighted by molar-refractivity contribution is 0.478. The van der Waals surface area contributed by atoms with E-state index in [1.807, 2.05) is 18.7 Å². The smallest absolute Gasteiger partial charge is 0.0639 e. The minimum atomic E-state index is -0.150. The first-order chi connectivity index (χ1) is 5.87. The summed E-state index contributed by atoms with van der Waals surface area (Å²) < 4.78 is 1.91. The molecule has 0 radical (unpaired) electrons. The van der Waals surface area contributed by atoms with Gasteiger partial charge in [-0.15, -0.1) is 0 Å². The van der Waals surface area contributed by atoms with Gasteiger partial charge in [-0.1, -0.05) is 13.8 Å². The molecule has 3 nitrogen and oxygen atoms in total. The van der Waals surface area contributed by atoms with E-state index in [1.165, 1.54) is 0 Å². The first-order valence-corrected chi connectivity index (χ1v) is 4.67. The molecule has 0 aliphatic heterocycles. The maximum atomic E-state index is 6.30. The molecule has 1 atom stereocenters. The monoisotopic (exact) mass is 179 g/mol. The van der Waals surface area contributed by atoms with Gasteiger partial charge in [-0.3, -0.25) is 4.68 Å². The fourth-order valence-electron chi connectivity index (χ4n) is 2.12. The zero-order valence-electron chi connectivity index (χ0n) is 8.76. The van der Waals surface area contributed by atoms with Gasteiger partial charge in [0.25, 0.3) is 0 Å². The Bertz CT molecular complexity index is 351. The Kier molecular flexibility index (Phi) is 1.45. The molecule has 0 spiro atoms. The fraction of sp³-hybridized carbons (Fsp3) is 0.700. The van der Waals surface area contributed by atoms with Crippen LogP contribution < -0.4 is 5.73 Å². The molecule has 1 aromatic rings. The average Bonchev–Trinajstić information content (AvgIpc) is 2.34. The van der Waals surface area contributed by atoms with E-state index >= 15 is 0 Å². The summed E-state index contributed by atoms with van der Waals surface area (Å²) in [4.78, 5) is 0. The Morgan fingerprint density at radius 1 is 1.54 bits per heavy atom. The SMILES string of the molecule is Cc1cc(C2(N)CC2(C)C)n(C)n1. The number of nitrogens with two attached hydrogens (primary N) is 1. The van der Waals surface area contributed by atoms with E-state index in [-0.39, 0.29) is 11.0 Å². The third kappa shape index (κ3) is 1.03. The summed E-state index contributed by atoms with van der Waals surface area (Å²) in [6.45, 7) is 6.41. The normalized spacial score (nSPS) is 30.5. The van der Waals surface area contributed by atoms with Crippen molar-refractivity contribution in [3.8, 4) is 0 Å². The number of aryl methyl sites for hydroxylation is 2. The lowest BCUT2D eigenvalue weighted by atomic mass is 10.0. The van der Waals surface area contributed by atoms with E-state index in [1.54, 1.807) is 0 Å². The highest BCUT2D eigenvalue weighted by atomic mass is 15.3. The first-order valence-electron chi connectivity index (χ1n) is 4.67. The molecule has 0 amide bonds. The molecule has 1 saturated carbocycles. The summed E-state index contributed by atoms with van der Waals surface area (Å²) >= 11 is 0. The van der Waals surface area contributed by atoms with E-state index in [0.29, 0.717) is 0 Å². The molecule has 1 aliphatic carbocycles. The van der Waals surface area contributed by atoms with Crippen molar-refractivity contribution in [1.29, 1.82) is 0 Å². The van der Waals surface area contributed by atoms with Crippen LogP contribution in [0.15, 0.2) is 6.07 Å². The second-order valence-electron chi connectivity index (χ2n) is 4.83. The number of hydrogen-bond acceptors (Lipinski definition) is 2. The summed E-state index contributed by atoms with van der Waals surface area (Å²) in [6.07, 6.45) is 1.05. The molecule has 1 aromatic heterocycles. The second-order valence-corrected chi connectivity index (χ2v) is 4.83. The third-order valence-electron chi connectivity index (χ3n) is 3.26. The van der Waals surface area contributed by atoms with Crippen LogP contribution in [0, 0.1) is 12.3 Å². The van der Waals surface area contributed by atoms with Crippen LogP contribution in [-0.4, -0.2) is 9.78 Å². The minimum absolute atomic E-state index is 0.150. The van der Waals surface area contributed by atoms with Crippen molar-refractivity contribution in [2.45, 2.75) is 32.7 Å². The van der Waals surface area contributed by atoms with Crippen molar-refractivity contribution in [3.05, 3.63) is 17.5 Å². The molecule has 2 rings (SSSR count). The Hall–Kier alpha value is -0.830. The highest BCUT2D eigenvalue weighted by Gasteiger charge is 2.61. The summed E-state index contributed by atoms with van der Waals surface area (Å²) in [6, 6.07) is 2.09. The van der Waals surface area contributed by atoms with E-state index in [0.717, 1.165) is 17.8 Å². The number of aromatic nitrogens is 2. The van der Waals surface area contributed by atoms with Crippen LogP contribution >= 0.6 is 0 Å².